The number of nitrogens with one attached hydrogen (secondary N) is 1. The summed E-state index contributed by atoms with van der Waals surface area (Å²) in [6.07, 6.45) is 1.48. The lowest BCUT2D eigenvalue weighted by molar-refractivity contribution is 0.0916. The van der Waals surface area contributed by atoms with Crippen molar-refractivity contribution in [1.29, 1.82) is 0 Å². The summed E-state index contributed by atoms with van der Waals surface area (Å²) in [6, 6.07) is 21.9. The highest BCUT2D eigenvalue weighted by atomic mass is 32.1. The highest BCUT2D eigenvalue weighted by Crippen LogP contribution is 2.31. The van der Waals surface area contributed by atoms with Crippen molar-refractivity contribution in [3.05, 3.63) is 89.4 Å². The first kappa shape index (κ1) is 26.1. The first-order valence-corrected chi connectivity index (χ1v) is 13.0. The van der Waals surface area contributed by atoms with Crippen LogP contribution in [0, 0.1) is 6.92 Å². The summed E-state index contributed by atoms with van der Waals surface area (Å²) in [6.45, 7) is 4.21. The van der Waals surface area contributed by atoms with Crippen LogP contribution < -0.4 is 14.8 Å². The molecule has 39 heavy (non-hydrogen) atoms. The van der Waals surface area contributed by atoms with Gasteiger partial charge in [-0.15, -0.1) is 21.5 Å². The maximum atomic E-state index is 13.0. The Morgan fingerprint density at radius 2 is 1.64 bits per heavy atom. The molecule has 5 aromatic rings. The molecule has 0 saturated heterocycles. The van der Waals surface area contributed by atoms with Crippen molar-refractivity contribution < 1.29 is 23.4 Å². The zero-order valence-corrected chi connectivity index (χ0v) is 22.4. The van der Waals surface area contributed by atoms with Gasteiger partial charge in [-0.1, -0.05) is 18.2 Å². The van der Waals surface area contributed by atoms with Gasteiger partial charge in [0.25, 0.3) is 5.91 Å². The number of aryl methyl sites for hydroxylation is 1. The lowest BCUT2D eigenvalue weighted by Gasteiger charge is -2.16. The predicted octanol–water partition coefficient (Wildman–Crippen LogP) is 6.63. The molecule has 9 nitrogen and oxygen atoms in total. The topological polar surface area (TPSA) is 109 Å². The van der Waals surface area contributed by atoms with Crippen molar-refractivity contribution >= 4 is 22.4 Å². The van der Waals surface area contributed by atoms with Gasteiger partial charge in [-0.3, -0.25) is 10.1 Å². The average Bonchev–Trinajstić information content (AvgIpc) is 3.59. The molecule has 2 heterocycles. The first-order chi connectivity index (χ1) is 19.0. The second-order valence-corrected chi connectivity index (χ2v) is 9.95. The Bertz CT molecular complexity index is 1550. The number of hydrogen-bond acceptors (Lipinski definition) is 9. The minimum Gasteiger partial charge on any atom is -0.488 e. The Hall–Kier alpha value is -4.54. The number of nitrogens with zero attached hydrogens (tertiary/aromatic N) is 3. The number of thiazole rings is 1. The van der Waals surface area contributed by atoms with Gasteiger partial charge in [0.05, 0.1) is 6.61 Å². The molecule has 1 amide bonds. The molecule has 5 rings (SSSR count). The maximum Gasteiger partial charge on any atom is 0.257 e. The van der Waals surface area contributed by atoms with Crippen LogP contribution in [-0.4, -0.2) is 40.9 Å². The summed E-state index contributed by atoms with van der Waals surface area (Å²) in [5.74, 6) is 2.01. The highest BCUT2D eigenvalue weighted by Gasteiger charge is 2.15. The van der Waals surface area contributed by atoms with Crippen LogP contribution in [0.5, 0.6) is 17.2 Å². The molecular weight excluding hydrogens is 516 g/mol. The van der Waals surface area contributed by atoms with Crippen molar-refractivity contribution in [3.63, 3.8) is 0 Å². The van der Waals surface area contributed by atoms with Crippen molar-refractivity contribution in [2.75, 3.05) is 19.0 Å². The van der Waals surface area contributed by atoms with E-state index in [0.717, 1.165) is 16.0 Å². The molecule has 10 heteroatoms. The molecule has 0 bridgehead atoms. The third-order valence-electron chi connectivity index (χ3n) is 5.51. The summed E-state index contributed by atoms with van der Waals surface area (Å²) in [4.78, 5) is 18.2. The molecule has 0 aliphatic carbocycles. The summed E-state index contributed by atoms with van der Waals surface area (Å²) in [5, 5.41) is 11.7. The van der Waals surface area contributed by atoms with Crippen molar-refractivity contribution in [1.82, 2.24) is 15.2 Å². The van der Waals surface area contributed by atoms with Crippen molar-refractivity contribution in [2.45, 2.75) is 20.0 Å². The van der Waals surface area contributed by atoms with Crippen molar-refractivity contribution in [2.24, 2.45) is 0 Å². The van der Waals surface area contributed by atoms with E-state index in [4.69, 9.17) is 18.6 Å². The molecule has 198 valence electrons. The predicted molar refractivity (Wildman–Crippen MR) is 148 cm³/mol. The van der Waals surface area contributed by atoms with Gasteiger partial charge < -0.3 is 18.6 Å². The Labute approximate surface area is 229 Å². The van der Waals surface area contributed by atoms with Crippen LogP contribution in [0.1, 0.15) is 22.2 Å². The number of aromatic nitrogens is 3. The number of benzene rings is 3. The third kappa shape index (κ3) is 6.67. The Kier molecular flexibility index (Phi) is 7.95. The van der Waals surface area contributed by atoms with Crippen LogP contribution in [0.25, 0.3) is 22.9 Å². The van der Waals surface area contributed by atoms with E-state index in [-0.39, 0.29) is 12.0 Å². The van der Waals surface area contributed by atoms with Crippen LogP contribution in [-0.2, 0) is 4.74 Å². The van der Waals surface area contributed by atoms with Gasteiger partial charge in [0.15, 0.2) is 5.13 Å². The van der Waals surface area contributed by atoms with Gasteiger partial charge in [-0.25, -0.2) is 4.98 Å². The number of anilines is 1. The molecule has 1 atom stereocenters. The lowest BCUT2D eigenvalue weighted by atomic mass is 10.1. The molecule has 0 saturated carbocycles. The van der Waals surface area contributed by atoms with Gasteiger partial charge in [-0.05, 0) is 62.4 Å². The van der Waals surface area contributed by atoms with E-state index >= 15 is 0 Å². The quantitative estimate of drug-likeness (QED) is 0.210. The molecule has 1 unspecified atom stereocenters. The summed E-state index contributed by atoms with van der Waals surface area (Å²) in [5.41, 5.74) is 1.97. The molecule has 1 N–H and O–H groups in total. The Balaban J connectivity index is 1.35. The molecule has 0 radical (unpaired) electrons. The minimum atomic E-state index is -0.319. The molecule has 2 aromatic heterocycles. The number of methoxy groups -OCH3 is 1. The summed E-state index contributed by atoms with van der Waals surface area (Å²) >= 11 is 1.40. The minimum absolute atomic E-state index is 0.225. The zero-order valence-electron chi connectivity index (χ0n) is 21.6. The summed E-state index contributed by atoms with van der Waals surface area (Å²) < 4.78 is 23.1. The van der Waals surface area contributed by atoms with Gasteiger partial charge in [0, 0.05) is 40.9 Å². The van der Waals surface area contributed by atoms with E-state index in [0.29, 0.717) is 46.3 Å². The average molecular weight is 543 g/mol. The SMILES string of the molecule is COCC(C)Oc1cc(Oc2ccc(-c3nnc(-c4ccccc4)o3)cc2)cc(C(=O)Nc2ncc(C)s2)c1. The third-order valence-corrected chi connectivity index (χ3v) is 6.33. The second-order valence-electron chi connectivity index (χ2n) is 8.71. The summed E-state index contributed by atoms with van der Waals surface area (Å²) in [7, 11) is 1.61. The number of carbonyl (C=O) groups excluding carboxylic acids is 1. The molecular formula is C29H26N4O5S. The number of ether oxygens (including phenoxy) is 3. The zero-order chi connectivity index (χ0) is 27.2. The van der Waals surface area contributed by atoms with Gasteiger partial charge >= 0.3 is 0 Å². The van der Waals surface area contributed by atoms with Gasteiger partial charge in [-0.2, -0.15) is 0 Å². The first-order valence-electron chi connectivity index (χ1n) is 12.2. The molecule has 0 spiro atoms. The van der Waals surface area contributed by atoms with E-state index in [1.54, 1.807) is 43.6 Å². The van der Waals surface area contributed by atoms with Crippen LogP contribution in [0.3, 0.4) is 0 Å². The molecule has 0 aliphatic rings. The van der Waals surface area contributed by atoms with Crippen molar-refractivity contribution in [3.8, 4) is 40.2 Å². The molecule has 0 aliphatic heterocycles. The monoisotopic (exact) mass is 542 g/mol. The maximum absolute atomic E-state index is 13.0. The second kappa shape index (κ2) is 11.9. The van der Waals surface area contributed by atoms with E-state index in [1.807, 2.05) is 56.3 Å². The number of rotatable bonds is 10. The van der Waals surface area contributed by atoms with Crippen LogP contribution in [0.2, 0.25) is 0 Å². The fraction of sp³-hybridized carbons (Fsp3) is 0.172. The van der Waals surface area contributed by atoms with Crippen LogP contribution in [0.15, 0.2) is 83.4 Å². The van der Waals surface area contributed by atoms with Gasteiger partial charge in [0.1, 0.15) is 23.4 Å². The number of amides is 1. The van der Waals surface area contributed by atoms with Crippen LogP contribution in [0.4, 0.5) is 5.13 Å². The van der Waals surface area contributed by atoms with E-state index in [2.05, 4.69) is 20.5 Å². The fourth-order valence-corrected chi connectivity index (χ4v) is 4.41. The Morgan fingerprint density at radius 3 is 2.31 bits per heavy atom. The van der Waals surface area contributed by atoms with Gasteiger partial charge in [0.2, 0.25) is 11.8 Å². The Morgan fingerprint density at radius 1 is 0.949 bits per heavy atom. The van der Waals surface area contributed by atoms with E-state index in [1.165, 1.54) is 11.3 Å². The largest absolute Gasteiger partial charge is 0.488 e. The molecule has 3 aromatic carbocycles. The van der Waals surface area contributed by atoms with E-state index < -0.39 is 0 Å². The standard InChI is InChI=1S/C29H26N4O5S/c1-18(17-35-3)36-24-13-22(26(34)31-29-30-16-19(2)39-29)14-25(15-24)37-23-11-9-21(10-12-23)28-33-32-27(38-28)20-7-5-4-6-8-20/h4-16,18H,17H2,1-3H3,(H,30,31,34). The fourth-order valence-electron chi connectivity index (χ4n) is 3.75. The lowest BCUT2D eigenvalue weighted by Crippen LogP contribution is -2.18. The smallest absolute Gasteiger partial charge is 0.257 e. The number of carbonyl (C=O) groups is 1. The highest BCUT2D eigenvalue weighted by molar-refractivity contribution is 7.15. The van der Waals surface area contributed by atoms with Crippen LogP contribution >= 0.6 is 11.3 Å². The molecule has 0 fully saturated rings. The normalized spacial score (nSPS) is 11.7. The van der Waals surface area contributed by atoms with E-state index in [9.17, 15) is 4.79 Å². The number of hydrogen-bond donors (Lipinski definition) is 1.